The third kappa shape index (κ3) is 2.56. The molecule has 0 aliphatic carbocycles. The first-order chi connectivity index (χ1) is 15.0. The van der Waals surface area contributed by atoms with E-state index in [-0.39, 0.29) is 29.6 Å². The lowest BCUT2D eigenvalue weighted by Crippen LogP contribution is -2.49. The summed E-state index contributed by atoms with van der Waals surface area (Å²) in [5.41, 5.74) is 2.15. The Morgan fingerprint density at radius 2 is 1.94 bits per heavy atom. The minimum atomic E-state index is -1.16. The number of hydrogen-bond acceptors (Lipinski definition) is 3. The number of rotatable bonds is 4. The summed E-state index contributed by atoms with van der Waals surface area (Å²) in [5, 5.41) is 3.79. The van der Waals surface area contributed by atoms with Crippen LogP contribution in [0.25, 0.3) is 10.9 Å². The van der Waals surface area contributed by atoms with Crippen LogP contribution < -0.4 is 10.2 Å². The van der Waals surface area contributed by atoms with Crippen molar-refractivity contribution < 1.29 is 14.4 Å². The minimum Gasteiger partial charge on any atom is -0.356 e. The molecule has 7 nitrogen and oxygen atoms in total. The molecule has 3 heterocycles. The maximum absolute atomic E-state index is 13.8. The fourth-order valence-electron chi connectivity index (χ4n) is 4.73. The lowest BCUT2D eigenvalue weighted by molar-refractivity contribution is -0.125. The zero-order chi connectivity index (χ0) is 21.8. The SMILES string of the molecule is C=CCNC(=O)c1ccccc1N1C(=O)N2CCc3c([nH]c4ccccc34)C2(C)C1=O. The van der Waals surface area contributed by atoms with Crippen LogP contribution in [0.2, 0.25) is 0 Å². The second kappa shape index (κ2) is 6.84. The van der Waals surface area contributed by atoms with Gasteiger partial charge in [-0.1, -0.05) is 36.4 Å². The van der Waals surface area contributed by atoms with Gasteiger partial charge < -0.3 is 15.2 Å². The number of H-pyrrole nitrogens is 1. The Morgan fingerprint density at radius 1 is 1.19 bits per heavy atom. The van der Waals surface area contributed by atoms with E-state index >= 15 is 0 Å². The Bertz CT molecular complexity index is 1260. The Morgan fingerprint density at radius 3 is 2.74 bits per heavy atom. The predicted octanol–water partition coefficient (Wildman–Crippen LogP) is 3.32. The number of para-hydroxylation sites is 2. The number of imide groups is 1. The quantitative estimate of drug-likeness (QED) is 0.507. The zero-order valence-electron chi connectivity index (χ0n) is 17.1. The van der Waals surface area contributed by atoms with E-state index in [0.29, 0.717) is 13.0 Å². The molecule has 0 bridgehead atoms. The van der Waals surface area contributed by atoms with Gasteiger partial charge in [0.05, 0.1) is 16.9 Å². The van der Waals surface area contributed by atoms with Crippen LogP contribution in [0.3, 0.4) is 0 Å². The van der Waals surface area contributed by atoms with E-state index in [9.17, 15) is 14.4 Å². The number of urea groups is 1. The number of nitrogens with zero attached hydrogens (tertiary/aromatic N) is 2. The van der Waals surface area contributed by atoms with Gasteiger partial charge in [-0.3, -0.25) is 9.59 Å². The summed E-state index contributed by atoms with van der Waals surface area (Å²) in [6.45, 7) is 6.10. The first kappa shape index (κ1) is 19.1. The lowest BCUT2D eigenvalue weighted by Gasteiger charge is -2.35. The number of nitrogens with one attached hydrogen (secondary N) is 2. The molecule has 4 amide bonds. The first-order valence-corrected chi connectivity index (χ1v) is 10.2. The molecule has 1 fully saturated rings. The van der Waals surface area contributed by atoms with E-state index in [4.69, 9.17) is 0 Å². The fourth-order valence-corrected chi connectivity index (χ4v) is 4.73. The van der Waals surface area contributed by atoms with Crippen LogP contribution in [0, 0.1) is 0 Å². The highest BCUT2D eigenvalue weighted by molar-refractivity contribution is 6.25. The molecule has 1 saturated heterocycles. The smallest absolute Gasteiger partial charge is 0.332 e. The highest BCUT2D eigenvalue weighted by atomic mass is 16.2. The highest BCUT2D eigenvalue weighted by Gasteiger charge is 2.59. The molecule has 0 spiro atoms. The molecular formula is C24H22N4O3. The number of fused-ring (bicyclic) bond motifs is 5. The first-order valence-electron chi connectivity index (χ1n) is 10.2. The molecule has 156 valence electrons. The van der Waals surface area contributed by atoms with Gasteiger partial charge in [-0.05, 0) is 37.1 Å². The van der Waals surface area contributed by atoms with Crippen molar-refractivity contribution in [3.8, 4) is 0 Å². The van der Waals surface area contributed by atoms with Crippen molar-refractivity contribution in [3.05, 3.63) is 78.0 Å². The van der Waals surface area contributed by atoms with Gasteiger partial charge in [0.2, 0.25) is 0 Å². The van der Waals surface area contributed by atoms with Gasteiger partial charge in [-0.15, -0.1) is 6.58 Å². The molecule has 2 N–H and O–H groups in total. The van der Waals surface area contributed by atoms with Crippen LogP contribution in [0.1, 0.15) is 28.5 Å². The topological polar surface area (TPSA) is 85.5 Å². The van der Waals surface area contributed by atoms with Crippen molar-refractivity contribution in [1.29, 1.82) is 0 Å². The summed E-state index contributed by atoms with van der Waals surface area (Å²) in [6, 6.07) is 14.2. The predicted molar refractivity (Wildman–Crippen MR) is 118 cm³/mol. The molecule has 1 unspecified atom stereocenters. The van der Waals surface area contributed by atoms with Crippen LogP contribution >= 0.6 is 0 Å². The van der Waals surface area contributed by atoms with E-state index in [0.717, 1.165) is 27.1 Å². The van der Waals surface area contributed by atoms with Crippen molar-refractivity contribution in [2.75, 3.05) is 18.0 Å². The lowest BCUT2D eigenvalue weighted by atomic mass is 9.87. The molecule has 2 aliphatic heterocycles. The number of carbonyl (C=O) groups is 3. The Balaban J connectivity index is 1.63. The van der Waals surface area contributed by atoms with Crippen molar-refractivity contribution in [2.24, 2.45) is 0 Å². The number of aromatic amines is 1. The highest BCUT2D eigenvalue weighted by Crippen LogP contribution is 2.45. The van der Waals surface area contributed by atoms with Crippen LogP contribution in [0.15, 0.2) is 61.2 Å². The normalized spacial score (nSPS) is 20.0. The molecule has 1 atom stereocenters. The van der Waals surface area contributed by atoms with Crippen LogP contribution in [-0.2, 0) is 16.8 Å². The van der Waals surface area contributed by atoms with E-state index in [1.54, 1.807) is 42.2 Å². The average molecular weight is 414 g/mol. The van der Waals surface area contributed by atoms with Gasteiger partial charge in [0, 0.05) is 24.0 Å². The monoisotopic (exact) mass is 414 g/mol. The number of carbonyl (C=O) groups excluding carboxylic acids is 3. The largest absolute Gasteiger partial charge is 0.356 e. The number of amides is 4. The van der Waals surface area contributed by atoms with Crippen LogP contribution in [0.4, 0.5) is 10.5 Å². The van der Waals surface area contributed by atoms with Crippen molar-refractivity contribution in [3.63, 3.8) is 0 Å². The van der Waals surface area contributed by atoms with Crippen molar-refractivity contribution in [1.82, 2.24) is 15.2 Å². The molecule has 5 rings (SSSR count). The Kier molecular flexibility index (Phi) is 4.22. The summed E-state index contributed by atoms with van der Waals surface area (Å²) in [4.78, 5) is 46.0. The van der Waals surface area contributed by atoms with E-state index in [1.165, 1.54) is 0 Å². The van der Waals surface area contributed by atoms with Gasteiger partial charge in [0.15, 0.2) is 5.54 Å². The fraction of sp³-hybridized carbons (Fsp3) is 0.208. The second-order valence-electron chi connectivity index (χ2n) is 7.94. The average Bonchev–Trinajstić information content (AvgIpc) is 3.26. The molecule has 0 saturated carbocycles. The second-order valence-corrected chi connectivity index (χ2v) is 7.94. The molecule has 31 heavy (non-hydrogen) atoms. The number of benzene rings is 2. The number of anilines is 1. The van der Waals surface area contributed by atoms with Crippen molar-refractivity contribution in [2.45, 2.75) is 18.9 Å². The summed E-state index contributed by atoms with van der Waals surface area (Å²) < 4.78 is 0. The number of hydrogen-bond donors (Lipinski definition) is 2. The van der Waals surface area contributed by atoms with Gasteiger partial charge in [0.1, 0.15) is 0 Å². The Hall–Kier alpha value is -3.87. The summed E-state index contributed by atoms with van der Waals surface area (Å²) >= 11 is 0. The molecule has 2 aromatic carbocycles. The third-order valence-electron chi connectivity index (χ3n) is 6.26. The van der Waals surface area contributed by atoms with Crippen LogP contribution in [0.5, 0.6) is 0 Å². The van der Waals surface area contributed by atoms with Gasteiger partial charge in [0.25, 0.3) is 11.8 Å². The molecule has 2 aliphatic rings. The van der Waals surface area contributed by atoms with Crippen LogP contribution in [-0.4, -0.2) is 40.8 Å². The van der Waals surface area contributed by atoms with E-state index in [2.05, 4.69) is 16.9 Å². The standard InChI is InChI=1S/C24H22N4O3/c1-3-13-25-21(29)17-9-5-7-11-19(17)28-22(30)24(2)20-16(12-14-27(24)23(28)31)15-8-4-6-10-18(15)26-20/h3-11,26H,1,12-14H2,2H3,(H,25,29). The summed E-state index contributed by atoms with van der Waals surface area (Å²) in [5.74, 6) is -0.730. The summed E-state index contributed by atoms with van der Waals surface area (Å²) in [7, 11) is 0. The molecular weight excluding hydrogens is 392 g/mol. The zero-order valence-corrected chi connectivity index (χ0v) is 17.1. The molecule has 1 aromatic heterocycles. The summed E-state index contributed by atoms with van der Waals surface area (Å²) in [6.07, 6.45) is 2.23. The minimum absolute atomic E-state index is 0.270. The van der Waals surface area contributed by atoms with Gasteiger partial charge >= 0.3 is 6.03 Å². The molecule has 3 aromatic rings. The maximum atomic E-state index is 13.8. The molecule has 0 radical (unpaired) electrons. The Labute approximate surface area is 179 Å². The van der Waals surface area contributed by atoms with E-state index in [1.807, 2.05) is 24.3 Å². The van der Waals surface area contributed by atoms with E-state index < -0.39 is 11.6 Å². The van der Waals surface area contributed by atoms with Crippen molar-refractivity contribution >= 4 is 34.4 Å². The third-order valence-corrected chi connectivity index (χ3v) is 6.26. The van der Waals surface area contributed by atoms with Gasteiger partial charge in [-0.2, -0.15) is 0 Å². The number of aromatic nitrogens is 1. The maximum Gasteiger partial charge on any atom is 0.332 e. The van der Waals surface area contributed by atoms with Gasteiger partial charge in [-0.25, -0.2) is 9.69 Å². The molecule has 7 heteroatoms.